The minimum absolute atomic E-state index is 0.132. The molecule has 0 saturated carbocycles. The summed E-state index contributed by atoms with van der Waals surface area (Å²) < 4.78 is 6.37. The number of fused-ring (bicyclic) bond motifs is 3. The largest absolute Gasteiger partial charge is 0.442 e. The SMILES string of the molecule is CC(C)(C)OC(=O)n1[nH]nc2c(=O)cc3cncnc3c1-2. The summed E-state index contributed by atoms with van der Waals surface area (Å²) in [6.45, 7) is 5.26. The van der Waals surface area contributed by atoms with Gasteiger partial charge < -0.3 is 4.74 Å². The van der Waals surface area contributed by atoms with Crippen LogP contribution in [0.25, 0.3) is 22.3 Å². The van der Waals surface area contributed by atoms with Crippen molar-refractivity contribution < 1.29 is 9.53 Å². The second-order valence-corrected chi connectivity index (χ2v) is 5.56. The topological polar surface area (TPSA) is 103 Å². The maximum Gasteiger partial charge on any atom is 0.435 e. The molecular weight excluding hydrogens is 274 g/mol. The van der Waals surface area contributed by atoms with Gasteiger partial charge in [0.25, 0.3) is 0 Å². The quantitative estimate of drug-likeness (QED) is 0.670. The first-order chi connectivity index (χ1) is 9.87. The van der Waals surface area contributed by atoms with E-state index in [-0.39, 0.29) is 16.8 Å². The summed E-state index contributed by atoms with van der Waals surface area (Å²) in [5, 5.41) is 6.92. The molecule has 2 aliphatic rings. The third kappa shape index (κ3) is 2.24. The van der Waals surface area contributed by atoms with Gasteiger partial charge in [-0.05, 0) is 26.8 Å². The number of carbonyl (C=O) groups excluding carboxylic acids is 1. The van der Waals surface area contributed by atoms with Gasteiger partial charge in [-0.3, -0.25) is 4.79 Å². The molecule has 1 aromatic rings. The summed E-state index contributed by atoms with van der Waals surface area (Å²) >= 11 is 0. The highest BCUT2D eigenvalue weighted by molar-refractivity contribution is 5.94. The zero-order valence-corrected chi connectivity index (χ0v) is 11.7. The van der Waals surface area contributed by atoms with E-state index in [1.807, 2.05) is 0 Å². The molecule has 0 radical (unpaired) electrons. The van der Waals surface area contributed by atoms with Crippen LogP contribution >= 0.6 is 0 Å². The number of hydrogen-bond donors (Lipinski definition) is 1. The van der Waals surface area contributed by atoms with E-state index >= 15 is 0 Å². The lowest BCUT2D eigenvalue weighted by Gasteiger charge is -2.19. The highest BCUT2D eigenvalue weighted by Crippen LogP contribution is 2.24. The second-order valence-electron chi connectivity index (χ2n) is 5.56. The van der Waals surface area contributed by atoms with Gasteiger partial charge >= 0.3 is 6.09 Å². The fourth-order valence-corrected chi connectivity index (χ4v) is 1.99. The highest BCUT2D eigenvalue weighted by atomic mass is 16.6. The van der Waals surface area contributed by atoms with E-state index in [9.17, 15) is 9.59 Å². The number of nitrogens with one attached hydrogen (secondary N) is 1. The van der Waals surface area contributed by atoms with Crippen LogP contribution in [0.1, 0.15) is 20.8 Å². The lowest BCUT2D eigenvalue weighted by Crippen LogP contribution is -2.28. The first kappa shape index (κ1) is 13.2. The molecule has 1 N–H and O–H groups in total. The molecule has 0 bridgehead atoms. The van der Waals surface area contributed by atoms with Crippen LogP contribution in [0.4, 0.5) is 4.79 Å². The molecule has 0 spiro atoms. The van der Waals surface area contributed by atoms with Gasteiger partial charge in [0.2, 0.25) is 5.43 Å². The van der Waals surface area contributed by atoms with Gasteiger partial charge in [-0.1, -0.05) is 0 Å². The number of ether oxygens (including phenoxy) is 1. The normalized spacial score (nSPS) is 12.0. The van der Waals surface area contributed by atoms with Crippen molar-refractivity contribution in [2.45, 2.75) is 26.4 Å². The van der Waals surface area contributed by atoms with Crippen molar-refractivity contribution >= 4 is 17.0 Å². The van der Waals surface area contributed by atoms with Gasteiger partial charge in [0, 0.05) is 11.6 Å². The van der Waals surface area contributed by atoms with Gasteiger partial charge in [-0.25, -0.2) is 20.0 Å². The van der Waals surface area contributed by atoms with E-state index in [1.165, 1.54) is 18.6 Å². The fraction of sp³-hybridized carbons (Fsp3) is 0.308. The summed E-state index contributed by atoms with van der Waals surface area (Å²) in [7, 11) is 0. The number of aromatic nitrogens is 5. The number of carbonyl (C=O) groups is 1. The number of hydrogen-bond acceptors (Lipinski definition) is 6. The summed E-state index contributed by atoms with van der Waals surface area (Å²) in [6, 6.07) is 1.39. The van der Waals surface area contributed by atoms with Crippen molar-refractivity contribution in [1.29, 1.82) is 0 Å². The minimum Gasteiger partial charge on any atom is -0.442 e. The average Bonchev–Trinajstić information content (AvgIpc) is 2.82. The van der Waals surface area contributed by atoms with E-state index in [0.717, 1.165) is 4.68 Å². The molecule has 1 aliphatic heterocycles. The third-order valence-corrected chi connectivity index (χ3v) is 2.77. The number of nitrogens with zero attached hydrogens (tertiary/aromatic N) is 4. The van der Waals surface area contributed by atoms with Crippen LogP contribution in [-0.4, -0.2) is 36.7 Å². The summed E-state index contributed by atoms with van der Waals surface area (Å²) in [4.78, 5) is 32.2. The molecule has 8 nitrogen and oxygen atoms in total. The second kappa shape index (κ2) is 4.37. The molecule has 0 atom stereocenters. The van der Waals surface area contributed by atoms with Gasteiger partial charge in [0.05, 0.1) is 0 Å². The molecule has 108 valence electrons. The fourth-order valence-electron chi connectivity index (χ4n) is 1.99. The summed E-state index contributed by atoms with van der Waals surface area (Å²) in [6.07, 6.45) is 2.20. The van der Waals surface area contributed by atoms with Crippen LogP contribution in [-0.2, 0) is 4.74 Å². The Labute approximate surface area is 119 Å². The van der Waals surface area contributed by atoms with Crippen molar-refractivity contribution in [3.05, 3.63) is 28.8 Å². The smallest absolute Gasteiger partial charge is 0.435 e. The van der Waals surface area contributed by atoms with E-state index in [1.54, 1.807) is 20.8 Å². The van der Waals surface area contributed by atoms with Crippen molar-refractivity contribution in [3.8, 4) is 11.4 Å². The molecule has 0 aromatic carbocycles. The average molecular weight is 287 g/mol. The number of benzene rings is 1. The standard InChI is InChI=1S/C13H13N5O3/c1-13(2,3)21-12(20)18-11-9-7(5-14-6-15-9)4-8(19)10(11)16-17-18/h4-6,17H,1-3H3. The molecule has 0 saturated heterocycles. The van der Waals surface area contributed by atoms with Gasteiger partial charge in [-0.2, -0.15) is 9.78 Å². The predicted octanol–water partition coefficient (Wildman–Crippen LogP) is 1.40. The Morgan fingerprint density at radius 3 is 2.86 bits per heavy atom. The Kier molecular flexibility index (Phi) is 2.75. The Balaban J connectivity index is 2.25. The van der Waals surface area contributed by atoms with Crippen molar-refractivity contribution in [2.24, 2.45) is 0 Å². The monoisotopic (exact) mass is 287 g/mol. The van der Waals surface area contributed by atoms with Gasteiger partial charge in [0.1, 0.15) is 23.1 Å². The van der Waals surface area contributed by atoms with E-state index < -0.39 is 11.7 Å². The highest BCUT2D eigenvalue weighted by Gasteiger charge is 2.26. The molecular formula is C13H13N5O3. The van der Waals surface area contributed by atoms with Gasteiger partial charge in [0.15, 0.2) is 5.69 Å². The Morgan fingerprint density at radius 2 is 2.14 bits per heavy atom. The Bertz CT molecular complexity index is 858. The molecule has 0 amide bonds. The first-order valence-corrected chi connectivity index (χ1v) is 6.30. The Hall–Kier alpha value is -2.77. The van der Waals surface area contributed by atoms with Crippen molar-refractivity contribution in [1.82, 2.24) is 25.0 Å². The molecule has 8 heteroatoms. The van der Waals surface area contributed by atoms with E-state index in [2.05, 4.69) is 20.3 Å². The van der Waals surface area contributed by atoms with E-state index in [4.69, 9.17) is 4.74 Å². The van der Waals surface area contributed by atoms with Crippen LogP contribution < -0.4 is 5.43 Å². The lowest BCUT2D eigenvalue weighted by atomic mass is 10.1. The van der Waals surface area contributed by atoms with Crippen molar-refractivity contribution in [3.63, 3.8) is 0 Å². The van der Waals surface area contributed by atoms with E-state index in [0.29, 0.717) is 10.9 Å². The van der Waals surface area contributed by atoms with Crippen LogP contribution in [0.5, 0.6) is 0 Å². The van der Waals surface area contributed by atoms with Crippen LogP contribution in [0.3, 0.4) is 0 Å². The first-order valence-electron chi connectivity index (χ1n) is 6.30. The molecule has 0 fully saturated rings. The number of H-pyrrole nitrogens is 1. The predicted molar refractivity (Wildman–Crippen MR) is 74.2 cm³/mol. The maximum atomic E-state index is 12.2. The lowest BCUT2D eigenvalue weighted by molar-refractivity contribution is 0.0515. The van der Waals surface area contributed by atoms with Crippen LogP contribution in [0.2, 0.25) is 0 Å². The zero-order valence-electron chi connectivity index (χ0n) is 11.7. The van der Waals surface area contributed by atoms with Crippen LogP contribution in [0.15, 0.2) is 23.4 Å². The summed E-state index contributed by atoms with van der Waals surface area (Å²) in [5.74, 6) is 0. The van der Waals surface area contributed by atoms with Crippen LogP contribution in [0, 0.1) is 0 Å². The summed E-state index contributed by atoms with van der Waals surface area (Å²) in [5.41, 5.74) is -0.104. The number of aromatic amines is 1. The molecule has 2 heterocycles. The third-order valence-electron chi connectivity index (χ3n) is 2.77. The minimum atomic E-state index is -0.665. The molecule has 1 aromatic heterocycles. The molecule has 1 aliphatic carbocycles. The van der Waals surface area contributed by atoms with Gasteiger partial charge in [-0.15, -0.1) is 0 Å². The molecule has 21 heavy (non-hydrogen) atoms. The Morgan fingerprint density at radius 1 is 1.38 bits per heavy atom. The number of rotatable bonds is 0. The molecule has 3 rings (SSSR count). The maximum absolute atomic E-state index is 12.2. The van der Waals surface area contributed by atoms with Crippen molar-refractivity contribution in [2.75, 3.05) is 0 Å². The molecule has 0 unspecified atom stereocenters. The zero-order chi connectivity index (χ0) is 15.2.